The summed E-state index contributed by atoms with van der Waals surface area (Å²) in [6.07, 6.45) is 0. The smallest absolute Gasteiger partial charge is 0.131 e. The lowest BCUT2D eigenvalue weighted by atomic mass is 10.1. The maximum Gasteiger partial charge on any atom is 0.131 e. The van der Waals surface area contributed by atoms with Crippen molar-refractivity contribution in [1.82, 2.24) is 4.90 Å². The maximum absolute atomic E-state index is 14.1. The second kappa shape index (κ2) is 8.41. The van der Waals surface area contributed by atoms with Crippen molar-refractivity contribution in [1.29, 1.82) is 0 Å². The zero-order valence-electron chi connectivity index (χ0n) is 14.5. The van der Waals surface area contributed by atoms with Crippen LogP contribution in [0.25, 0.3) is 0 Å². The molecule has 0 unspecified atom stereocenters. The van der Waals surface area contributed by atoms with Gasteiger partial charge in [0.1, 0.15) is 11.6 Å². The van der Waals surface area contributed by atoms with Crippen LogP contribution < -0.4 is 4.90 Å². The third kappa shape index (κ3) is 4.77. The van der Waals surface area contributed by atoms with Crippen molar-refractivity contribution >= 4 is 5.69 Å². The lowest BCUT2D eigenvalue weighted by Crippen LogP contribution is -2.41. The van der Waals surface area contributed by atoms with Gasteiger partial charge in [0.15, 0.2) is 0 Å². The molecule has 25 heavy (non-hydrogen) atoms. The summed E-state index contributed by atoms with van der Waals surface area (Å²) >= 11 is 0. The first kappa shape index (κ1) is 17.8. The topological polar surface area (TPSA) is 15.7 Å². The molecule has 0 aromatic heterocycles. The predicted octanol–water partition coefficient (Wildman–Crippen LogP) is 3.61. The highest BCUT2D eigenvalue weighted by Gasteiger charge is 2.16. The molecule has 1 saturated heterocycles. The van der Waals surface area contributed by atoms with E-state index in [0.717, 1.165) is 44.1 Å². The van der Waals surface area contributed by atoms with Gasteiger partial charge in [-0.2, -0.15) is 0 Å². The monoisotopic (exact) mass is 346 g/mol. The van der Waals surface area contributed by atoms with Crippen molar-refractivity contribution in [3.8, 4) is 0 Å². The average Bonchev–Trinajstić information content (AvgIpc) is 2.63. The van der Waals surface area contributed by atoms with Crippen LogP contribution >= 0.6 is 0 Å². The van der Waals surface area contributed by atoms with Gasteiger partial charge in [-0.15, -0.1) is 0 Å². The van der Waals surface area contributed by atoms with Crippen molar-refractivity contribution in [2.45, 2.75) is 13.5 Å². The lowest BCUT2D eigenvalue weighted by molar-refractivity contribution is 0.0391. The summed E-state index contributed by atoms with van der Waals surface area (Å²) < 4.78 is 33.6. The summed E-state index contributed by atoms with van der Waals surface area (Å²) in [6, 6.07) is 12.1. The van der Waals surface area contributed by atoms with Gasteiger partial charge in [-0.3, -0.25) is 4.90 Å². The van der Waals surface area contributed by atoms with Crippen LogP contribution in [-0.2, 0) is 11.3 Å². The molecule has 1 aliphatic heterocycles. The molecule has 0 spiro atoms. The van der Waals surface area contributed by atoms with Gasteiger partial charge in [0.25, 0.3) is 0 Å². The average molecular weight is 346 g/mol. The molecule has 1 heterocycles. The number of rotatable bonds is 6. The second-order valence-corrected chi connectivity index (χ2v) is 6.41. The van der Waals surface area contributed by atoms with E-state index in [0.29, 0.717) is 6.54 Å². The Labute approximate surface area is 147 Å². The standard InChI is InChI=1S/C20H24F2N2O/c1-16-5-7-17(8-6-16)24(10-9-23-11-13-25-14-12-23)15-18-19(21)3-2-4-20(18)22/h2-8H,9-15H2,1H3. The fraction of sp³-hybridized carbons (Fsp3) is 0.400. The molecule has 0 radical (unpaired) electrons. The molecule has 0 atom stereocenters. The third-order valence-corrected chi connectivity index (χ3v) is 4.60. The Kier molecular flexibility index (Phi) is 6.00. The number of hydrogen-bond donors (Lipinski definition) is 0. The van der Waals surface area contributed by atoms with E-state index in [4.69, 9.17) is 4.74 Å². The minimum atomic E-state index is -0.497. The Hall–Kier alpha value is -1.98. The minimum Gasteiger partial charge on any atom is -0.379 e. The van der Waals surface area contributed by atoms with E-state index < -0.39 is 11.6 Å². The Bertz CT molecular complexity index is 664. The molecule has 0 amide bonds. The molecule has 0 aliphatic carbocycles. The van der Waals surface area contributed by atoms with Crippen LogP contribution in [0.2, 0.25) is 0 Å². The van der Waals surface area contributed by atoms with E-state index in [-0.39, 0.29) is 12.1 Å². The lowest BCUT2D eigenvalue weighted by Gasteiger charge is -2.31. The fourth-order valence-electron chi connectivity index (χ4n) is 3.02. The third-order valence-electron chi connectivity index (χ3n) is 4.60. The van der Waals surface area contributed by atoms with E-state index in [1.807, 2.05) is 36.1 Å². The number of benzene rings is 2. The molecule has 2 aromatic rings. The molecule has 0 bridgehead atoms. The first-order chi connectivity index (χ1) is 12.1. The van der Waals surface area contributed by atoms with Crippen LogP contribution in [0.3, 0.4) is 0 Å². The van der Waals surface area contributed by atoms with Crippen molar-refractivity contribution in [2.75, 3.05) is 44.3 Å². The first-order valence-corrected chi connectivity index (χ1v) is 8.68. The number of ether oxygens (including phenoxy) is 1. The van der Waals surface area contributed by atoms with Crippen molar-refractivity contribution in [3.63, 3.8) is 0 Å². The number of nitrogens with zero attached hydrogens (tertiary/aromatic N) is 2. The fourth-order valence-corrected chi connectivity index (χ4v) is 3.02. The molecule has 3 rings (SSSR count). The number of halogens is 2. The van der Waals surface area contributed by atoms with Gasteiger partial charge in [-0.1, -0.05) is 23.8 Å². The van der Waals surface area contributed by atoms with Crippen LogP contribution in [-0.4, -0.2) is 44.3 Å². The van der Waals surface area contributed by atoms with Crippen molar-refractivity contribution < 1.29 is 13.5 Å². The summed E-state index contributed by atoms with van der Waals surface area (Å²) in [7, 11) is 0. The molecular weight excluding hydrogens is 322 g/mol. The summed E-state index contributed by atoms with van der Waals surface area (Å²) in [6.45, 7) is 7.07. The first-order valence-electron chi connectivity index (χ1n) is 8.68. The molecule has 134 valence electrons. The number of aryl methyl sites for hydroxylation is 1. The van der Waals surface area contributed by atoms with Gasteiger partial charge in [0.05, 0.1) is 13.2 Å². The molecule has 0 N–H and O–H groups in total. The summed E-state index contributed by atoms with van der Waals surface area (Å²) in [5.41, 5.74) is 2.25. The predicted molar refractivity (Wildman–Crippen MR) is 95.8 cm³/mol. The van der Waals surface area contributed by atoms with Crippen LogP contribution in [0.15, 0.2) is 42.5 Å². The van der Waals surface area contributed by atoms with Gasteiger partial charge >= 0.3 is 0 Å². The van der Waals surface area contributed by atoms with E-state index in [1.165, 1.54) is 18.2 Å². The van der Waals surface area contributed by atoms with E-state index in [1.54, 1.807) is 0 Å². The van der Waals surface area contributed by atoms with E-state index in [2.05, 4.69) is 4.90 Å². The molecule has 5 heteroatoms. The highest BCUT2D eigenvalue weighted by atomic mass is 19.1. The Morgan fingerprint density at radius 2 is 1.64 bits per heavy atom. The zero-order valence-corrected chi connectivity index (χ0v) is 14.5. The zero-order chi connectivity index (χ0) is 17.6. The molecule has 1 aliphatic rings. The summed E-state index contributed by atoms with van der Waals surface area (Å²) in [5.74, 6) is -0.994. The molecule has 1 fully saturated rings. The number of hydrogen-bond acceptors (Lipinski definition) is 3. The highest BCUT2D eigenvalue weighted by molar-refractivity contribution is 5.48. The van der Waals surface area contributed by atoms with Crippen molar-refractivity contribution in [3.05, 3.63) is 65.2 Å². The maximum atomic E-state index is 14.1. The molecule has 0 saturated carbocycles. The normalized spacial score (nSPS) is 15.3. The largest absolute Gasteiger partial charge is 0.379 e. The van der Waals surface area contributed by atoms with Gasteiger partial charge in [-0.25, -0.2) is 8.78 Å². The molecule has 3 nitrogen and oxygen atoms in total. The summed E-state index contributed by atoms with van der Waals surface area (Å²) in [5, 5.41) is 0. The number of morpholine rings is 1. The van der Waals surface area contributed by atoms with Crippen LogP contribution in [0.5, 0.6) is 0 Å². The van der Waals surface area contributed by atoms with Crippen LogP contribution in [0.1, 0.15) is 11.1 Å². The van der Waals surface area contributed by atoms with E-state index in [9.17, 15) is 8.78 Å². The highest BCUT2D eigenvalue weighted by Crippen LogP contribution is 2.21. The minimum absolute atomic E-state index is 0.116. The van der Waals surface area contributed by atoms with Gasteiger partial charge in [0, 0.05) is 44.0 Å². The SMILES string of the molecule is Cc1ccc(N(CCN2CCOCC2)Cc2c(F)cccc2F)cc1. The van der Waals surface area contributed by atoms with Crippen LogP contribution in [0, 0.1) is 18.6 Å². The van der Waals surface area contributed by atoms with E-state index >= 15 is 0 Å². The number of anilines is 1. The van der Waals surface area contributed by atoms with Crippen LogP contribution in [0.4, 0.5) is 14.5 Å². The molecule has 2 aromatic carbocycles. The van der Waals surface area contributed by atoms with Crippen molar-refractivity contribution in [2.24, 2.45) is 0 Å². The Morgan fingerprint density at radius 3 is 2.28 bits per heavy atom. The van der Waals surface area contributed by atoms with Gasteiger partial charge in [-0.05, 0) is 31.2 Å². The Balaban J connectivity index is 1.77. The Morgan fingerprint density at radius 1 is 1.00 bits per heavy atom. The molecular formula is C20H24F2N2O. The van der Waals surface area contributed by atoms with Gasteiger partial charge < -0.3 is 9.64 Å². The second-order valence-electron chi connectivity index (χ2n) is 6.41. The van der Waals surface area contributed by atoms with Gasteiger partial charge in [0.2, 0.25) is 0 Å². The summed E-state index contributed by atoms with van der Waals surface area (Å²) in [4.78, 5) is 4.36. The quantitative estimate of drug-likeness (QED) is 0.795.